The van der Waals surface area contributed by atoms with Gasteiger partial charge in [-0.25, -0.2) is 0 Å². The fraction of sp³-hybridized carbons (Fsp3) is 0.923. The van der Waals surface area contributed by atoms with E-state index in [1.807, 2.05) is 13.8 Å². The van der Waals surface area contributed by atoms with Gasteiger partial charge in [-0.3, -0.25) is 4.79 Å². The minimum atomic E-state index is -0.407. The van der Waals surface area contributed by atoms with Gasteiger partial charge in [0.1, 0.15) is 0 Å². The summed E-state index contributed by atoms with van der Waals surface area (Å²) in [5.41, 5.74) is 0. The van der Waals surface area contributed by atoms with E-state index in [2.05, 4.69) is 4.74 Å². The Labute approximate surface area is 104 Å². The lowest BCUT2D eigenvalue weighted by Gasteiger charge is -2.16. The molecule has 0 N–H and O–H groups in total. The van der Waals surface area contributed by atoms with Crippen LogP contribution in [-0.2, 0) is 19.0 Å². The lowest BCUT2D eigenvalue weighted by Crippen LogP contribution is -2.21. The van der Waals surface area contributed by atoms with Crippen molar-refractivity contribution in [2.45, 2.75) is 64.3 Å². The van der Waals surface area contributed by atoms with Crippen molar-refractivity contribution in [3.63, 3.8) is 0 Å². The normalized spacial score (nSPS) is 22.6. The first-order valence-corrected chi connectivity index (χ1v) is 6.42. The third kappa shape index (κ3) is 6.03. The number of hydrogen-bond acceptors (Lipinski definition) is 4. The first-order valence-electron chi connectivity index (χ1n) is 6.42. The third-order valence-electron chi connectivity index (χ3n) is 2.95. The van der Waals surface area contributed by atoms with E-state index in [4.69, 9.17) is 9.47 Å². The van der Waals surface area contributed by atoms with Crippen LogP contribution in [0, 0.1) is 0 Å². The van der Waals surface area contributed by atoms with Gasteiger partial charge >= 0.3 is 5.97 Å². The first-order chi connectivity index (χ1) is 8.03. The molecule has 0 radical (unpaired) electrons. The second-order valence-corrected chi connectivity index (χ2v) is 4.98. The zero-order valence-corrected chi connectivity index (χ0v) is 11.2. The molecule has 0 aromatic carbocycles. The molecule has 0 aliphatic carbocycles. The molecular formula is C13H24O4. The van der Waals surface area contributed by atoms with Crippen LogP contribution in [-0.4, -0.2) is 31.6 Å². The molecule has 4 nitrogen and oxygen atoms in total. The maximum absolute atomic E-state index is 10.9. The molecule has 100 valence electrons. The summed E-state index contributed by atoms with van der Waals surface area (Å²) in [7, 11) is 1.43. The summed E-state index contributed by atoms with van der Waals surface area (Å²) >= 11 is 0. The summed E-state index contributed by atoms with van der Waals surface area (Å²) in [5.74, 6) is -0.519. The van der Waals surface area contributed by atoms with Gasteiger partial charge in [0.25, 0.3) is 0 Å². The van der Waals surface area contributed by atoms with Gasteiger partial charge in [0.05, 0.1) is 19.8 Å². The highest BCUT2D eigenvalue weighted by Gasteiger charge is 2.31. The molecule has 17 heavy (non-hydrogen) atoms. The van der Waals surface area contributed by atoms with Crippen LogP contribution in [0.15, 0.2) is 0 Å². The SMILES string of the molecule is COC(=O)CCCCCCC1COC(C)(C)O1. The molecule has 0 bridgehead atoms. The van der Waals surface area contributed by atoms with Crippen molar-refractivity contribution in [3.8, 4) is 0 Å². The molecule has 4 heteroatoms. The molecule has 0 aromatic rings. The highest BCUT2D eigenvalue weighted by molar-refractivity contribution is 5.68. The van der Waals surface area contributed by atoms with Crippen LogP contribution < -0.4 is 0 Å². The first kappa shape index (κ1) is 14.5. The van der Waals surface area contributed by atoms with E-state index in [9.17, 15) is 4.79 Å². The van der Waals surface area contributed by atoms with E-state index in [1.165, 1.54) is 7.11 Å². The Morgan fingerprint density at radius 1 is 1.29 bits per heavy atom. The van der Waals surface area contributed by atoms with Crippen molar-refractivity contribution in [2.75, 3.05) is 13.7 Å². The summed E-state index contributed by atoms with van der Waals surface area (Å²) < 4.78 is 15.8. The molecule has 0 amide bonds. The molecule has 0 aromatic heterocycles. The fourth-order valence-electron chi connectivity index (χ4n) is 2.00. The Balaban J connectivity index is 1.93. The largest absolute Gasteiger partial charge is 0.469 e. The quantitative estimate of drug-likeness (QED) is 0.510. The van der Waals surface area contributed by atoms with E-state index >= 15 is 0 Å². The van der Waals surface area contributed by atoms with Crippen molar-refractivity contribution in [1.82, 2.24) is 0 Å². The minimum Gasteiger partial charge on any atom is -0.469 e. The summed E-state index contributed by atoms with van der Waals surface area (Å²) in [6, 6.07) is 0. The molecule has 1 aliphatic rings. The molecule has 1 rings (SSSR count). The minimum absolute atomic E-state index is 0.112. The summed E-state index contributed by atoms with van der Waals surface area (Å²) in [6.07, 6.45) is 6.08. The molecule has 0 saturated carbocycles. The molecular weight excluding hydrogens is 220 g/mol. The maximum Gasteiger partial charge on any atom is 0.305 e. The number of methoxy groups -OCH3 is 1. The topological polar surface area (TPSA) is 44.8 Å². The van der Waals surface area contributed by atoms with Gasteiger partial charge < -0.3 is 14.2 Å². The number of carbonyl (C=O) groups is 1. The van der Waals surface area contributed by atoms with Crippen LogP contribution in [0.25, 0.3) is 0 Å². The Morgan fingerprint density at radius 3 is 2.59 bits per heavy atom. The van der Waals surface area contributed by atoms with Gasteiger partial charge in [-0.1, -0.05) is 19.3 Å². The monoisotopic (exact) mass is 244 g/mol. The smallest absolute Gasteiger partial charge is 0.305 e. The van der Waals surface area contributed by atoms with Crippen molar-refractivity contribution in [1.29, 1.82) is 0 Å². The third-order valence-corrected chi connectivity index (χ3v) is 2.95. The lowest BCUT2D eigenvalue weighted by atomic mass is 10.1. The van der Waals surface area contributed by atoms with Crippen LogP contribution in [0.4, 0.5) is 0 Å². The summed E-state index contributed by atoms with van der Waals surface area (Å²) in [5, 5.41) is 0. The number of hydrogen-bond donors (Lipinski definition) is 0. The van der Waals surface area contributed by atoms with Gasteiger partial charge in [-0.2, -0.15) is 0 Å². The molecule has 1 fully saturated rings. The highest BCUT2D eigenvalue weighted by atomic mass is 16.7. The van der Waals surface area contributed by atoms with Crippen LogP contribution in [0.2, 0.25) is 0 Å². The average Bonchev–Trinajstić information content (AvgIpc) is 2.63. The molecule has 1 unspecified atom stereocenters. The van der Waals surface area contributed by atoms with Crippen molar-refractivity contribution in [3.05, 3.63) is 0 Å². The van der Waals surface area contributed by atoms with E-state index < -0.39 is 5.79 Å². The van der Waals surface area contributed by atoms with Crippen LogP contribution in [0.5, 0.6) is 0 Å². The number of esters is 1. The second kappa shape index (κ2) is 6.97. The van der Waals surface area contributed by atoms with Gasteiger partial charge in [0.15, 0.2) is 5.79 Å². The zero-order chi connectivity index (χ0) is 12.7. The van der Waals surface area contributed by atoms with Crippen LogP contribution in [0.1, 0.15) is 52.4 Å². The van der Waals surface area contributed by atoms with Crippen molar-refractivity contribution >= 4 is 5.97 Å². The maximum atomic E-state index is 10.9. The van der Waals surface area contributed by atoms with Crippen molar-refractivity contribution in [2.24, 2.45) is 0 Å². The fourth-order valence-corrected chi connectivity index (χ4v) is 2.00. The standard InChI is InChI=1S/C13H24O4/c1-13(2)16-10-11(17-13)8-6-4-5-7-9-12(14)15-3/h11H,4-10H2,1-3H3. The number of rotatable bonds is 7. The number of unbranched alkanes of at least 4 members (excludes halogenated alkanes) is 3. The average molecular weight is 244 g/mol. The van der Waals surface area contributed by atoms with Gasteiger partial charge in [0.2, 0.25) is 0 Å². The van der Waals surface area contributed by atoms with Gasteiger partial charge in [-0.15, -0.1) is 0 Å². The molecule has 1 aliphatic heterocycles. The molecule has 1 atom stereocenters. The molecule has 1 saturated heterocycles. The predicted molar refractivity (Wildman–Crippen MR) is 64.6 cm³/mol. The molecule has 0 spiro atoms. The van der Waals surface area contributed by atoms with E-state index in [-0.39, 0.29) is 12.1 Å². The molecule has 1 heterocycles. The van der Waals surface area contributed by atoms with E-state index in [1.54, 1.807) is 0 Å². The van der Waals surface area contributed by atoms with Crippen LogP contribution in [0.3, 0.4) is 0 Å². The summed E-state index contributed by atoms with van der Waals surface area (Å²) in [4.78, 5) is 10.9. The zero-order valence-electron chi connectivity index (χ0n) is 11.2. The Morgan fingerprint density at radius 2 is 2.00 bits per heavy atom. The predicted octanol–water partition coefficient (Wildman–Crippen LogP) is 2.65. The summed E-state index contributed by atoms with van der Waals surface area (Å²) in [6.45, 7) is 4.60. The van der Waals surface area contributed by atoms with E-state index in [0.717, 1.165) is 32.1 Å². The number of ether oxygens (including phenoxy) is 3. The van der Waals surface area contributed by atoms with Gasteiger partial charge in [-0.05, 0) is 26.7 Å². The Kier molecular flexibility index (Phi) is 5.92. The Bertz CT molecular complexity index is 238. The van der Waals surface area contributed by atoms with Gasteiger partial charge in [0, 0.05) is 6.42 Å². The van der Waals surface area contributed by atoms with E-state index in [0.29, 0.717) is 13.0 Å². The van der Waals surface area contributed by atoms with Crippen molar-refractivity contribution < 1.29 is 19.0 Å². The second-order valence-electron chi connectivity index (χ2n) is 4.98. The highest BCUT2D eigenvalue weighted by Crippen LogP contribution is 2.25. The Hall–Kier alpha value is -0.610. The van der Waals surface area contributed by atoms with Crippen LogP contribution >= 0.6 is 0 Å². The lowest BCUT2D eigenvalue weighted by molar-refractivity contribution is -0.141. The number of carbonyl (C=O) groups excluding carboxylic acids is 1.